The molecule has 2 heterocycles. The van der Waals surface area contributed by atoms with Crippen molar-refractivity contribution in [2.75, 3.05) is 13.2 Å². The van der Waals surface area contributed by atoms with Crippen molar-refractivity contribution in [3.8, 4) is 23.0 Å². The summed E-state index contributed by atoms with van der Waals surface area (Å²) in [5, 5.41) is 72.3. The van der Waals surface area contributed by atoms with Crippen LogP contribution in [0.2, 0.25) is 0 Å². The average molecular weight is 989 g/mol. The fourth-order valence-corrected chi connectivity index (χ4v) is 9.38. The molecular formula is C54H56N2O14S. The van der Waals surface area contributed by atoms with Gasteiger partial charge in [0.15, 0.2) is 0 Å². The Labute approximate surface area is 414 Å². The highest BCUT2D eigenvalue weighted by atomic mass is 32.2. The van der Waals surface area contributed by atoms with Gasteiger partial charge in [-0.2, -0.15) is 0 Å². The van der Waals surface area contributed by atoms with Gasteiger partial charge in [0.25, 0.3) is 11.8 Å². The molecule has 2 fully saturated rings. The highest BCUT2D eigenvalue weighted by Crippen LogP contribution is 2.37. The summed E-state index contributed by atoms with van der Waals surface area (Å²) in [5.74, 6) is -0.212. The van der Waals surface area contributed by atoms with Crippen LogP contribution in [0.1, 0.15) is 43.0 Å². The SMILES string of the molecule is O=C(N[C@H]1[C@@H](O)[C@@H](CO)O[C@@H](S[C@@H]2O[C@H](CO)[C@H](O)[C@H](NC(=O)c3cc(OCc4ccccc4)cc(OCc4ccccc4)c3)[C@H]2O)[C@@H]1O)c1cc(OCc2ccccc2)cc(OCc2ccccc2)c1. The smallest absolute Gasteiger partial charge is 0.251 e. The molecule has 17 heteroatoms. The second-order valence-electron chi connectivity index (χ2n) is 17.0. The number of carbonyl (C=O) groups is 2. The van der Waals surface area contributed by atoms with Crippen molar-refractivity contribution >= 4 is 23.6 Å². The lowest BCUT2D eigenvalue weighted by molar-refractivity contribution is -0.175. The third-order valence-corrected chi connectivity index (χ3v) is 13.2. The molecule has 2 aliphatic heterocycles. The molecule has 2 amide bonds. The highest BCUT2D eigenvalue weighted by molar-refractivity contribution is 8.00. The van der Waals surface area contributed by atoms with Crippen LogP contribution in [0, 0.1) is 0 Å². The minimum atomic E-state index is -1.69. The fourth-order valence-electron chi connectivity index (χ4n) is 8.04. The molecule has 16 nitrogen and oxygen atoms in total. The maximum atomic E-state index is 14.1. The van der Waals surface area contributed by atoms with E-state index in [-0.39, 0.29) is 37.6 Å². The third kappa shape index (κ3) is 13.5. The van der Waals surface area contributed by atoms with Crippen molar-refractivity contribution in [3.05, 3.63) is 191 Å². The minimum absolute atomic E-state index is 0.0711. The molecule has 2 aliphatic rings. The van der Waals surface area contributed by atoms with Gasteiger partial charge >= 0.3 is 0 Å². The number of hydrogen-bond donors (Lipinski definition) is 8. The van der Waals surface area contributed by atoms with E-state index >= 15 is 0 Å². The first-order valence-corrected chi connectivity index (χ1v) is 24.0. The molecule has 0 unspecified atom stereocenters. The van der Waals surface area contributed by atoms with Crippen LogP contribution in [0.3, 0.4) is 0 Å². The van der Waals surface area contributed by atoms with Crippen LogP contribution in [-0.2, 0) is 35.9 Å². The number of aliphatic hydroxyl groups excluding tert-OH is 6. The zero-order chi connectivity index (χ0) is 49.7. The lowest BCUT2D eigenvalue weighted by atomic mass is 9.96. The number of aliphatic hydroxyl groups is 6. The first-order chi connectivity index (χ1) is 34.5. The number of benzene rings is 6. The first kappa shape index (κ1) is 50.9. The van der Waals surface area contributed by atoms with E-state index in [1.54, 1.807) is 12.1 Å². The molecule has 6 aromatic rings. The quantitative estimate of drug-likeness (QED) is 0.0526. The van der Waals surface area contributed by atoms with Gasteiger partial charge in [0.05, 0.1) is 25.3 Å². The number of thioether (sulfide) groups is 1. The highest BCUT2D eigenvalue weighted by Gasteiger charge is 2.51. The van der Waals surface area contributed by atoms with Crippen molar-refractivity contribution in [1.82, 2.24) is 10.6 Å². The Morgan fingerprint density at radius 2 is 0.718 bits per heavy atom. The van der Waals surface area contributed by atoms with Crippen molar-refractivity contribution in [1.29, 1.82) is 0 Å². The van der Waals surface area contributed by atoms with Crippen molar-refractivity contribution < 1.29 is 68.6 Å². The predicted molar refractivity (Wildman–Crippen MR) is 262 cm³/mol. The van der Waals surface area contributed by atoms with Gasteiger partial charge in [-0.05, 0) is 46.5 Å². The summed E-state index contributed by atoms with van der Waals surface area (Å²) in [6, 6.07) is 44.1. The Kier molecular flexibility index (Phi) is 17.6. The first-order valence-electron chi connectivity index (χ1n) is 23.0. The van der Waals surface area contributed by atoms with Crippen molar-refractivity contribution in [2.24, 2.45) is 0 Å². The van der Waals surface area contributed by atoms with E-state index < -0.39 is 84.6 Å². The molecule has 71 heavy (non-hydrogen) atoms. The molecule has 8 N–H and O–H groups in total. The summed E-state index contributed by atoms with van der Waals surface area (Å²) >= 11 is 0.710. The maximum Gasteiger partial charge on any atom is 0.251 e. The second-order valence-corrected chi connectivity index (χ2v) is 18.2. The van der Waals surface area contributed by atoms with Crippen LogP contribution in [0.4, 0.5) is 0 Å². The molecule has 0 aromatic heterocycles. The molecule has 8 rings (SSSR count). The molecule has 0 aliphatic carbocycles. The standard InChI is InChI=1S/C54H56N2O14S/c57-27-43-47(59)45(55-51(63)37-21-39(65-29-33-13-5-1-6-14-33)25-40(22-37)66-30-34-15-7-2-8-16-34)49(61)53(69-43)71-54-50(62)46(48(60)44(28-58)70-54)56-52(64)38-23-41(67-31-35-17-9-3-10-18-35)26-42(24-38)68-32-36-19-11-4-12-20-36/h1-26,43-50,53-54,57-62H,27-32H2,(H,55,63)(H,56,64)/t43-,44-,45+,46+,47+,48+,49-,50-,53+,54+/m1/s1. The van der Waals surface area contributed by atoms with E-state index in [9.17, 15) is 40.2 Å². The number of carbonyl (C=O) groups excluding carboxylic acids is 2. The van der Waals surface area contributed by atoms with Crippen molar-refractivity contribution in [2.45, 2.75) is 86.0 Å². The summed E-state index contributed by atoms with van der Waals surface area (Å²) < 4.78 is 36.1. The van der Waals surface area contributed by atoms with E-state index in [1.807, 2.05) is 121 Å². The molecule has 2 saturated heterocycles. The number of rotatable bonds is 20. The van der Waals surface area contributed by atoms with Gasteiger partial charge in [-0.1, -0.05) is 133 Å². The maximum absolute atomic E-state index is 14.1. The average Bonchev–Trinajstić information content (AvgIpc) is 3.41. The Hall–Kier alpha value is -6.51. The molecule has 0 saturated carbocycles. The van der Waals surface area contributed by atoms with Crippen molar-refractivity contribution in [3.63, 3.8) is 0 Å². The van der Waals surface area contributed by atoms with E-state index in [4.69, 9.17) is 28.4 Å². The Bertz CT molecular complexity index is 2330. The molecule has 6 aromatic carbocycles. The molecule has 0 spiro atoms. The topological polar surface area (TPSA) is 235 Å². The summed E-state index contributed by atoms with van der Waals surface area (Å²) in [4.78, 5) is 28.2. The van der Waals surface area contributed by atoms with Crippen LogP contribution in [0.15, 0.2) is 158 Å². The summed E-state index contributed by atoms with van der Waals surface area (Å²) in [5.41, 5.74) is 0.903. The summed E-state index contributed by atoms with van der Waals surface area (Å²) in [6.07, 6.45) is -9.29. The van der Waals surface area contributed by atoms with Crippen LogP contribution in [0.25, 0.3) is 0 Å². The third-order valence-electron chi connectivity index (χ3n) is 11.9. The monoisotopic (exact) mass is 988 g/mol. The largest absolute Gasteiger partial charge is 0.489 e. The lowest BCUT2D eigenvalue weighted by Crippen LogP contribution is -2.66. The number of ether oxygens (including phenoxy) is 6. The lowest BCUT2D eigenvalue weighted by Gasteiger charge is -2.46. The molecular weight excluding hydrogens is 933 g/mol. The number of nitrogens with one attached hydrogen (secondary N) is 2. The number of hydrogen-bond acceptors (Lipinski definition) is 15. The van der Waals surface area contributed by atoms with Gasteiger partial charge < -0.3 is 69.7 Å². The van der Waals surface area contributed by atoms with Crippen LogP contribution >= 0.6 is 11.8 Å². The minimum Gasteiger partial charge on any atom is -0.489 e. The predicted octanol–water partition coefficient (Wildman–Crippen LogP) is 4.51. The van der Waals surface area contributed by atoms with Gasteiger partial charge in [0, 0.05) is 23.3 Å². The Morgan fingerprint density at radius 3 is 0.986 bits per heavy atom. The van der Waals surface area contributed by atoms with Gasteiger partial charge in [-0.25, -0.2) is 0 Å². The molecule has 0 bridgehead atoms. The zero-order valence-electron chi connectivity index (χ0n) is 38.4. The Morgan fingerprint density at radius 1 is 0.437 bits per heavy atom. The second kappa shape index (κ2) is 24.6. The van der Waals surface area contributed by atoms with Crippen LogP contribution in [0.5, 0.6) is 23.0 Å². The van der Waals surface area contributed by atoms with Gasteiger partial charge in [0.1, 0.15) is 96.9 Å². The molecule has 0 radical (unpaired) electrons. The summed E-state index contributed by atoms with van der Waals surface area (Å²) in [7, 11) is 0. The van der Waals surface area contributed by atoms with E-state index in [2.05, 4.69) is 10.6 Å². The molecule has 372 valence electrons. The Balaban J connectivity index is 0.979. The normalized spacial score (nSPS) is 24.0. The van der Waals surface area contributed by atoms with Gasteiger partial charge in [-0.15, -0.1) is 0 Å². The molecule has 10 atom stereocenters. The van der Waals surface area contributed by atoms with Gasteiger partial charge in [0.2, 0.25) is 0 Å². The van der Waals surface area contributed by atoms with Crippen LogP contribution in [-0.4, -0.2) is 115 Å². The van der Waals surface area contributed by atoms with Gasteiger partial charge in [-0.3, -0.25) is 9.59 Å². The van der Waals surface area contributed by atoms with E-state index in [0.29, 0.717) is 34.8 Å². The number of amides is 2. The summed E-state index contributed by atoms with van der Waals surface area (Å²) in [6.45, 7) is -0.700. The van der Waals surface area contributed by atoms with E-state index in [1.165, 1.54) is 24.3 Å². The zero-order valence-corrected chi connectivity index (χ0v) is 39.2. The van der Waals surface area contributed by atoms with Crippen LogP contribution < -0.4 is 29.6 Å². The van der Waals surface area contributed by atoms with E-state index in [0.717, 1.165) is 22.3 Å². The fraction of sp³-hybridized carbons (Fsp3) is 0.296.